The van der Waals surface area contributed by atoms with Gasteiger partial charge in [0.25, 0.3) is 0 Å². The number of nitrogens with one attached hydrogen (secondary N) is 1. The van der Waals surface area contributed by atoms with Gasteiger partial charge in [0.05, 0.1) is 0 Å². The lowest BCUT2D eigenvalue weighted by molar-refractivity contribution is 0.212. The molecule has 0 heterocycles. The maximum Gasteiger partial charge on any atom is 0.136 e. The largest absolute Gasteiger partial charge is 0.372 e. The van der Waals surface area contributed by atoms with E-state index in [0.29, 0.717) is 0 Å². The molecule has 0 aliphatic rings. The average molecular weight is 152 g/mol. The van der Waals surface area contributed by atoms with Gasteiger partial charge in [-0.3, -0.25) is 0 Å². The van der Waals surface area contributed by atoms with Crippen molar-refractivity contribution < 1.29 is 5.11 Å². The van der Waals surface area contributed by atoms with Gasteiger partial charge in [-0.25, -0.2) is 0 Å². The molecule has 0 spiro atoms. The van der Waals surface area contributed by atoms with E-state index < -0.39 is 6.23 Å². The van der Waals surface area contributed by atoms with Gasteiger partial charge >= 0.3 is 0 Å². The lowest BCUT2D eigenvalue weighted by Crippen LogP contribution is -2.27. The zero-order valence-electron chi connectivity index (χ0n) is 6.20. The van der Waals surface area contributed by atoms with Crippen molar-refractivity contribution in [1.29, 1.82) is 0 Å². The highest BCUT2D eigenvalue weighted by molar-refractivity contribution is 5.42. The number of hydrogen-bond acceptors (Lipinski definition) is 3. The molecule has 0 aliphatic heterocycles. The van der Waals surface area contributed by atoms with Crippen molar-refractivity contribution in [2.75, 3.05) is 11.9 Å². The van der Waals surface area contributed by atoms with E-state index >= 15 is 0 Å². The second-order valence-corrected chi connectivity index (χ2v) is 2.26. The smallest absolute Gasteiger partial charge is 0.136 e. The molecule has 0 unspecified atom stereocenters. The average Bonchev–Trinajstić information content (AvgIpc) is 2.06. The number of benzene rings is 1. The fourth-order valence-corrected chi connectivity index (χ4v) is 0.786. The fraction of sp³-hybridized carbons (Fsp3) is 0.250. The zero-order chi connectivity index (χ0) is 8.10. The number of anilines is 1. The van der Waals surface area contributed by atoms with Crippen molar-refractivity contribution >= 4 is 5.69 Å². The van der Waals surface area contributed by atoms with Gasteiger partial charge in [-0.2, -0.15) is 0 Å². The number of para-hydroxylation sites is 1. The summed E-state index contributed by atoms with van der Waals surface area (Å²) in [5.41, 5.74) is 6.09. The summed E-state index contributed by atoms with van der Waals surface area (Å²) in [6.45, 7) is 0.217. The molecular formula is C8H12N2O. The Hall–Kier alpha value is -1.06. The predicted octanol–water partition coefficient (Wildman–Crippen LogP) is 0.376. The van der Waals surface area contributed by atoms with Gasteiger partial charge in [-0.05, 0) is 12.1 Å². The molecule has 3 nitrogen and oxygen atoms in total. The number of hydrogen-bond donors (Lipinski definition) is 3. The molecule has 1 aromatic carbocycles. The van der Waals surface area contributed by atoms with Crippen LogP contribution in [-0.2, 0) is 0 Å². The highest BCUT2D eigenvalue weighted by atomic mass is 16.3. The zero-order valence-corrected chi connectivity index (χ0v) is 6.20. The van der Waals surface area contributed by atoms with Crippen molar-refractivity contribution in [2.45, 2.75) is 6.23 Å². The van der Waals surface area contributed by atoms with Crippen LogP contribution >= 0.6 is 0 Å². The normalized spacial score (nSPS) is 12.5. The molecule has 11 heavy (non-hydrogen) atoms. The van der Waals surface area contributed by atoms with Crippen LogP contribution in [0.2, 0.25) is 0 Å². The molecule has 0 saturated heterocycles. The van der Waals surface area contributed by atoms with Crippen molar-refractivity contribution in [3.63, 3.8) is 0 Å². The maximum atomic E-state index is 9.08. The highest BCUT2D eigenvalue weighted by Gasteiger charge is 1.97. The van der Waals surface area contributed by atoms with E-state index in [1.54, 1.807) is 0 Å². The van der Waals surface area contributed by atoms with Gasteiger partial charge in [0, 0.05) is 12.2 Å². The molecule has 60 valence electrons. The van der Waals surface area contributed by atoms with Crippen LogP contribution in [-0.4, -0.2) is 17.9 Å². The predicted molar refractivity (Wildman–Crippen MR) is 45.1 cm³/mol. The van der Waals surface area contributed by atoms with E-state index in [-0.39, 0.29) is 6.54 Å². The molecule has 0 saturated carbocycles. The van der Waals surface area contributed by atoms with Gasteiger partial charge in [0.1, 0.15) is 6.23 Å². The first-order valence-electron chi connectivity index (χ1n) is 3.52. The van der Waals surface area contributed by atoms with E-state index in [0.717, 1.165) is 5.69 Å². The Morgan fingerprint density at radius 3 is 2.55 bits per heavy atom. The van der Waals surface area contributed by atoms with Gasteiger partial charge in [-0.1, -0.05) is 18.2 Å². The summed E-state index contributed by atoms with van der Waals surface area (Å²) in [5.74, 6) is 0. The fourth-order valence-electron chi connectivity index (χ4n) is 0.786. The van der Waals surface area contributed by atoms with Crippen molar-refractivity contribution in [2.24, 2.45) is 5.73 Å². The number of nitrogens with two attached hydrogens (primary N) is 1. The second-order valence-electron chi connectivity index (χ2n) is 2.26. The first-order valence-corrected chi connectivity index (χ1v) is 3.52. The molecular weight excluding hydrogens is 140 g/mol. The summed E-state index contributed by atoms with van der Waals surface area (Å²) in [6.07, 6.45) is -0.655. The molecule has 1 atom stereocenters. The monoisotopic (exact) mass is 152 g/mol. The van der Waals surface area contributed by atoms with E-state index in [1.807, 2.05) is 30.3 Å². The Morgan fingerprint density at radius 1 is 1.36 bits per heavy atom. The third-order valence-corrected chi connectivity index (χ3v) is 1.33. The lowest BCUT2D eigenvalue weighted by Gasteiger charge is -2.10. The molecule has 0 bridgehead atoms. The number of rotatable bonds is 3. The molecule has 0 radical (unpaired) electrons. The molecule has 1 aromatic rings. The maximum absolute atomic E-state index is 9.08. The minimum Gasteiger partial charge on any atom is -0.372 e. The van der Waals surface area contributed by atoms with Crippen molar-refractivity contribution in [3.05, 3.63) is 30.3 Å². The van der Waals surface area contributed by atoms with E-state index in [2.05, 4.69) is 5.32 Å². The Morgan fingerprint density at radius 2 is 2.00 bits per heavy atom. The molecule has 0 aromatic heterocycles. The van der Waals surface area contributed by atoms with Gasteiger partial charge in [0.15, 0.2) is 0 Å². The van der Waals surface area contributed by atoms with E-state index in [1.165, 1.54) is 0 Å². The third-order valence-electron chi connectivity index (χ3n) is 1.33. The van der Waals surface area contributed by atoms with Crippen LogP contribution in [0.5, 0.6) is 0 Å². The van der Waals surface area contributed by atoms with Gasteiger partial charge < -0.3 is 16.2 Å². The number of aliphatic hydroxyl groups excluding tert-OH is 1. The third kappa shape index (κ3) is 2.57. The lowest BCUT2D eigenvalue weighted by atomic mass is 10.3. The summed E-state index contributed by atoms with van der Waals surface area (Å²) in [4.78, 5) is 0. The first kappa shape index (κ1) is 8.04. The van der Waals surface area contributed by atoms with E-state index in [4.69, 9.17) is 10.8 Å². The van der Waals surface area contributed by atoms with Crippen LogP contribution in [0, 0.1) is 0 Å². The minimum atomic E-state index is -0.655. The van der Waals surface area contributed by atoms with Gasteiger partial charge in [-0.15, -0.1) is 0 Å². The Labute approximate surface area is 65.8 Å². The summed E-state index contributed by atoms with van der Waals surface area (Å²) >= 11 is 0. The van der Waals surface area contributed by atoms with Crippen molar-refractivity contribution in [1.82, 2.24) is 0 Å². The Kier molecular flexibility index (Phi) is 2.89. The molecule has 1 rings (SSSR count). The SMILES string of the molecule is NC[C@@H](O)Nc1ccccc1. The van der Waals surface area contributed by atoms with Crippen LogP contribution in [0.25, 0.3) is 0 Å². The highest BCUT2D eigenvalue weighted by Crippen LogP contribution is 2.04. The standard InChI is InChI=1S/C8H12N2O/c9-6-8(11)10-7-4-2-1-3-5-7/h1-5,8,10-11H,6,9H2/t8-/m1/s1. The Balaban J connectivity index is 2.51. The van der Waals surface area contributed by atoms with E-state index in [9.17, 15) is 0 Å². The summed E-state index contributed by atoms with van der Waals surface area (Å²) in [6, 6.07) is 9.45. The first-order chi connectivity index (χ1) is 5.33. The van der Waals surface area contributed by atoms with Crippen LogP contribution in [0.4, 0.5) is 5.69 Å². The molecule has 0 aliphatic carbocycles. The molecule has 3 heteroatoms. The minimum absolute atomic E-state index is 0.217. The summed E-state index contributed by atoms with van der Waals surface area (Å²) in [7, 11) is 0. The quantitative estimate of drug-likeness (QED) is 0.549. The summed E-state index contributed by atoms with van der Waals surface area (Å²) in [5, 5.41) is 11.9. The number of aliphatic hydroxyl groups is 1. The van der Waals surface area contributed by atoms with Crippen LogP contribution < -0.4 is 11.1 Å². The Bertz CT molecular complexity index is 201. The van der Waals surface area contributed by atoms with Crippen molar-refractivity contribution in [3.8, 4) is 0 Å². The van der Waals surface area contributed by atoms with Crippen LogP contribution in [0.3, 0.4) is 0 Å². The molecule has 4 N–H and O–H groups in total. The molecule has 0 amide bonds. The second kappa shape index (κ2) is 3.95. The van der Waals surface area contributed by atoms with Crippen LogP contribution in [0.1, 0.15) is 0 Å². The van der Waals surface area contributed by atoms with Gasteiger partial charge in [0.2, 0.25) is 0 Å². The topological polar surface area (TPSA) is 58.3 Å². The van der Waals surface area contributed by atoms with Crippen LogP contribution in [0.15, 0.2) is 30.3 Å². The summed E-state index contributed by atoms with van der Waals surface area (Å²) < 4.78 is 0. The molecule has 0 fully saturated rings.